The van der Waals surface area contributed by atoms with E-state index in [1.54, 1.807) is 48.5 Å². The summed E-state index contributed by atoms with van der Waals surface area (Å²) in [5.41, 5.74) is 4.86. The molecule has 0 saturated heterocycles. The number of hydrazone groups is 1. The van der Waals surface area contributed by atoms with E-state index in [4.69, 9.17) is 4.74 Å². The third kappa shape index (κ3) is 5.52. The highest BCUT2D eigenvalue weighted by molar-refractivity contribution is 6.04. The minimum Gasteiger partial charge on any atom is -0.493 e. The third-order valence-corrected chi connectivity index (χ3v) is 4.03. The molecule has 0 aliphatic heterocycles. The lowest BCUT2D eigenvalue weighted by atomic mass is 10.1. The molecule has 0 aliphatic carbocycles. The maximum atomic E-state index is 12.3. The Morgan fingerprint density at radius 2 is 1.52 bits per heavy atom. The zero-order valence-corrected chi connectivity index (χ0v) is 16.0. The molecule has 0 bridgehead atoms. The van der Waals surface area contributed by atoms with Gasteiger partial charge in [0.25, 0.3) is 11.8 Å². The fourth-order valence-electron chi connectivity index (χ4n) is 2.60. The van der Waals surface area contributed by atoms with E-state index < -0.39 is 0 Å². The number of ether oxygens (including phenoxy) is 1. The number of hydrogen-bond acceptors (Lipinski definition) is 4. The average molecular weight is 387 g/mol. The fourth-order valence-corrected chi connectivity index (χ4v) is 2.60. The van der Waals surface area contributed by atoms with Crippen LogP contribution in [0.4, 0.5) is 5.69 Å². The number of para-hydroxylation sites is 1. The summed E-state index contributed by atoms with van der Waals surface area (Å²) in [6, 6.07) is 22.9. The normalized spacial score (nSPS) is 10.5. The van der Waals surface area contributed by atoms with Gasteiger partial charge < -0.3 is 10.1 Å². The summed E-state index contributed by atoms with van der Waals surface area (Å²) in [5, 5.41) is 6.79. The number of anilines is 1. The van der Waals surface area contributed by atoms with Gasteiger partial charge in [0.2, 0.25) is 0 Å². The average Bonchev–Trinajstić information content (AvgIpc) is 2.76. The first-order valence-corrected chi connectivity index (χ1v) is 9.19. The Morgan fingerprint density at radius 1 is 0.862 bits per heavy atom. The van der Waals surface area contributed by atoms with Crippen LogP contribution in [0.1, 0.15) is 33.2 Å². The van der Waals surface area contributed by atoms with Gasteiger partial charge in [-0.3, -0.25) is 9.59 Å². The van der Waals surface area contributed by atoms with Crippen LogP contribution in [0.3, 0.4) is 0 Å². The lowest BCUT2D eigenvalue weighted by molar-refractivity contribution is 0.0954. The van der Waals surface area contributed by atoms with Crippen LogP contribution in [0.2, 0.25) is 0 Å². The molecular weight excluding hydrogens is 366 g/mol. The number of nitrogens with zero attached hydrogens (tertiary/aromatic N) is 1. The number of carbonyl (C=O) groups is 2. The Bertz CT molecular complexity index is 999. The van der Waals surface area contributed by atoms with Crippen molar-refractivity contribution in [3.8, 4) is 5.75 Å². The molecule has 0 spiro atoms. The van der Waals surface area contributed by atoms with E-state index in [0.717, 1.165) is 5.56 Å². The predicted octanol–water partition coefficient (Wildman–Crippen LogP) is 4.10. The summed E-state index contributed by atoms with van der Waals surface area (Å²) in [5.74, 6) is 0.142. The second-order valence-electron chi connectivity index (χ2n) is 6.07. The summed E-state index contributed by atoms with van der Waals surface area (Å²) >= 11 is 0. The number of nitrogens with one attached hydrogen (secondary N) is 2. The van der Waals surface area contributed by atoms with Crippen molar-refractivity contribution in [2.75, 3.05) is 11.9 Å². The number of rotatable bonds is 7. The molecule has 0 heterocycles. The fraction of sp³-hybridized carbons (Fsp3) is 0.0870. The molecule has 6 heteroatoms. The molecule has 0 radical (unpaired) electrons. The molecule has 2 amide bonds. The molecule has 3 aromatic carbocycles. The molecule has 0 aromatic heterocycles. The molecule has 3 rings (SSSR count). The van der Waals surface area contributed by atoms with Crippen molar-refractivity contribution in [1.29, 1.82) is 0 Å². The van der Waals surface area contributed by atoms with Crippen LogP contribution in [0.25, 0.3) is 0 Å². The van der Waals surface area contributed by atoms with Crippen molar-refractivity contribution in [2.45, 2.75) is 6.92 Å². The topological polar surface area (TPSA) is 79.8 Å². The van der Waals surface area contributed by atoms with E-state index in [-0.39, 0.29) is 11.8 Å². The first-order chi connectivity index (χ1) is 14.2. The van der Waals surface area contributed by atoms with Gasteiger partial charge in [0.05, 0.1) is 12.8 Å². The molecule has 0 fully saturated rings. The first-order valence-electron chi connectivity index (χ1n) is 9.19. The van der Waals surface area contributed by atoms with Gasteiger partial charge in [-0.2, -0.15) is 5.10 Å². The van der Waals surface area contributed by atoms with Crippen LogP contribution in [-0.2, 0) is 0 Å². The Kier molecular flexibility index (Phi) is 6.73. The number of carbonyl (C=O) groups excluding carboxylic acids is 2. The smallest absolute Gasteiger partial charge is 0.271 e. The number of benzene rings is 3. The third-order valence-electron chi connectivity index (χ3n) is 4.03. The van der Waals surface area contributed by atoms with Crippen molar-refractivity contribution < 1.29 is 14.3 Å². The Balaban J connectivity index is 1.59. The van der Waals surface area contributed by atoms with Crippen LogP contribution in [0.5, 0.6) is 5.75 Å². The van der Waals surface area contributed by atoms with Crippen LogP contribution in [-0.4, -0.2) is 24.6 Å². The van der Waals surface area contributed by atoms with Gasteiger partial charge in [-0.15, -0.1) is 0 Å². The summed E-state index contributed by atoms with van der Waals surface area (Å²) in [6.07, 6.45) is 1.54. The van der Waals surface area contributed by atoms with Crippen molar-refractivity contribution in [2.24, 2.45) is 5.10 Å². The lowest BCUT2D eigenvalue weighted by Gasteiger charge is -2.07. The zero-order valence-electron chi connectivity index (χ0n) is 16.0. The molecule has 0 saturated carbocycles. The summed E-state index contributed by atoms with van der Waals surface area (Å²) < 4.78 is 5.52. The van der Waals surface area contributed by atoms with Crippen LogP contribution in [0, 0.1) is 0 Å². The van der Waals surface area contributed by atoms with Gasteiger partial charge in [-0.05, 0) is 55.5 Å². The molecule has 6 nitrogen and oxygen atoms in total. The molecule has 0 aliphatic rings. The van der Waals surface area contributed by atoms with Crippen LogP contribution < -0.4 is 15.5 Å². The standard InChI is InChI=1S/C23H21N3O3/c1-2-29-21-11-7-6-10-19(21)16-24-26-23(28)18-12-14-20(15-13-18)25-22(27)17-8-4-3-5-9-17/h3-16H,2H2,1H3,(H,25,27)(H,26,28)/b24-16+. The second kappa shape index (κ2) is 9.85. The van der Waals surface area contributed by atoms with Crippen LogP contribution in [0.15, 0.2) is 84.0 Å². The van der Waals surface area contributed by atoms with Crippen molar-refractivity contribution in [3.05, 3.63) is 95.6 Å². The Hall–Kier alpha value is -3.93. The van der Waals surface area contributed by atoms with E-state index in [9.17, 15) is 9.59 Å². The van der Waals surface area contributed by atoms with Gasteiger partial charge in [-0.25, -0.2) is 5.43 Å². The molecule has 146 valence electrons. The Labute approximate surface area is 169 Å². The molecule has 2 N–H and O–H groups in total. The highest BCUT2D eigenvalue weighted by atomic mass is 16.5. The van der Waals surface area contributed by atoms with Gasteiger partial charge in [0.1, 0.15) is 5.75 Å². The van der Waals surface area contributed by atoms with Crippen molar-refractivity contribution in [3.63, 3.8) is 0 Å². The SMILES string of the molecule is CCOc1ccccc1/C=N/NC(=O)c1ccc(NC(=O)c2ccccc2)cc1. The first kappa shape index (κ1) is 19.8. The maximum absolute atomic E-state index is 12.3. The second-order valence-corrected chi connectivity index (χ2v) is 6.07. The highest BCUT2D eigenvalue weighted by Gasteiger charge is 2.07. The van der Waals surface area contributed by atoms with E-state index in [0.29, 0.717) is 29.2 Å². The highest BCUT2D eigenvalue weighted by Crippen LogP contribution is 2.15. The van der Waals surface area contributed by atoms with Gasteiger partial charge in [0, 0.05) is 22.4 Å². The summed E-state index contributed by atoms with van der Waals surface area (Å²) in [6.45, 7) is 2.45. The molecule has 0 atom stereocenters. The number of amides is 2. The minimum atomic E-state index is -0.351. The number of hydrogen-bond donors (Lipinski definition) is 2. The quantitative estimate of drug-likeness (QED) is 0.473. The molecule has 3 aromatic rings. The predicted molar refractivity (Wildman–Crippen MR) is 114 cm³/mol. The summed E-state index contributed by atoms with van der Waals surface area (Å²) in [4.78, 5) is 24.4. The Morgan fingerprint density at radius 3 is 2.24 bits per heavy atom. The van der Waals surface area contributed by atoms with E-state index in [1.807, 2.05) is 37.3 Å². The van der Waals surface area contributed by atoms with E-state index in [2.05, 4.69) is 15.8 Å². The monoisotopic (exact) mass is 387 g/mol. The molecule has 0 unspecified atom stereocenters. The van der Waals surface area contributed by atoms with Crippen molar-refractivity contribution >= 4 is 23.7 Å². The van der Waals surface area contributed by atoms with Gasteiger partial charge in [-0.1, -0.05) is 30.3 Å². The van der Waals surface area contributed by atoms with E-state index >= 15 is 0 Å². The van der Waals surface area contributed by atoms with Gasteiger partial charge >= 0.3 is 0 Å². The minimum absolute atomic E-state index is 0.208. The van der Waals surface area contributed by atoms with Gasteiger partial charge in [0.15, 0.2) is 0 Å². The lowest BCUT2D eigenvalue weighted by Crippen LogP contribution is -2.18. The largest absolute Gasteiger partial charge is 0.493 e. The molecular formula is C23H21N3O3. The molecule has 29 heavy (non-hydrogen) atoms. The summed E-state index contributed by atoms with van der Waals surface area (Å²) in [7, 11) is 0. The maximum Gasteiger partial charge on any atom is 0.271 e. The van der Waals surface area contributed by atoms with Crippen molar-refractivity contribution in [1.82, 2.24) is 5.43 Å². The zero-order chi connectivity index (χ0) is 20.5. The van der Waals surface area contributed by atoms with E-state index in [1.165, 1.54) is 6.21 Å². The van der Waals surface area contributed by atoms with Crippen LogP contribution >= 0.6 is 0 Å².